The third kappa shape index (κ3) is 2.81. The van der Waals surface area contributed by atoms with Crippen LogP contribution in [0.15, 0.2) is 16.8 Å². The Morgan fingerprint density at radius 2 is 1.95 bits per heavy atom. The maximum Gasteiger partial charge on any atom is 0.0365 e. The molecule has 112 valence electrons. The second-order valence-corrected chi connectivity index (χ2v) is 7.32. The molecule has 1 aliphatic carbocycles. The van der Waals surface area contributed by atoms with Gasteiger partial charge in [-0.3, -0.25) is 4.90 Å². The normalized spacial score (nSPS) is 24.9. The van der Waals surface area contributed by atoms with Crippen LogP contribution in [0, 0.1) is 0 Å². The van der Waals surface area contributed by atoms with Crippen molar-refractivity contribution in [2.45, 2.75) is 62.9 Å². The highest BCUT2D eigenvalue weighted by molar-refractivity contribution is 7.07. The van der Waals surface area contributed by atoms with E-state index >= 15 is 0 Å². The smallest absolute Gasteiger partial charge is 0.0365 e. The van der Waals surface area contributed by atoms with Crippen LogP contribution in [0.1, 0.15) is 50.5 Å². The van der Waals surface area contributed by atoms with Gasteiger partial charge in [0.2, 0.25) is 0 Å². The Hall–Kier alpha value is -0.380. The molecule has 20 heavy (non-hydrogen) atoms. The minimum absolute atomic E-state index is 0.428. The second kappa shape index (κ2) is 6.59. The largest absolute Gasteiger partial charge is 0.315 e. The van der Waals surface area contributed by atoms with E-state index in [4.69, 9.17) is 0 Å². The summed E-state index contributed by atoms with van der Waals surface area (Å²) < 4.78 is 0. The molecule has 1 aliphatic heterocycles. The Morgan fingerprint density at radius 1 is 1.20 bits per heavy atom. The van der Waals surface area contributed by atoms with Gasteiger partial charge < -0.3 is 5.32 Å². The molecule has 0 bridgehead atoms. The Balaban J connectivity index is 1.79. The molecule has 3 heteroatoms. The molecule has 0 spiro atoms. The number of hydrogen-bond donors (Lipinski definition) is 1. The molecule has 2 nitrogen and oxygen atoms in total. The Kier molecular flexibility index (Phi) is 4.79. The lowest BCUT2D eigenvalue weighted by atomic mass is 9.81. The topological polar surface area (TPSA) is 15.3 Å². The third-order valence-electron chi connectivity index (χ3n) is 5.47. The highest BCUT2D eigenvalue weighted by atomic mass is 32.1. The standard InChI is InChI=1S/C17H28N2S/c1-18-16(13-15-7-12-20-14-15)17(8-3-4-9-17)19-10-5-2-6-11-19/h7,12,14,16,18H,2-6,8-11,13H2,1H3. The number of hydrogen-bond acceptors (Lipinski definition) is 3. The maximum absolute atomic E-state index is 3.68. The number of piperidine rings is 1. The summed E-state index contributed by atoms with van der Waals surface area (Å²) in [4.78, 5) is 2.84. The molecule has 2 aliphatic rings. The lowest BCUT2D eigenvalue weighted by Crippen LogP contribution is -2.61. The fourth-order valence-electron chi connectivity index (χ4n) is 4.42. The van der Waals surface area contributed by atoms with Crippen molar-refractivity contribution in [3.63, 3.8) is 0 Å². The van der Waals surface area contributed by atoms with Gasteiger partial charge in [0.05, 0.1) is 0 Å². The predicted molar refractivity (Wildman–Crippen MR) is 87.5 cm³/mol. The molecular formula is C17H28N2S. The molecule has 1 saturated carbocycles. The number of nitrogens with one attached hydrogen (secondary N) is 1. The van der Waals surface area contributed by atoms with Gasteiger partial charge in [0, 0.05) is 11.6 Å². The van der Waals surface area contributed by atoms with Crippen LogP contribution in [0.2, 0.25) is 0 Å². The zero-order chi connectivity index (χ0) is 13.8. The fourth-order valence-corrected chi connectivity index (χ4v) is 5.10. The maximum atomic E-state index is 3.68. The van der Waals surface area contributed by atoms with Crippen LogP contribution < -0.4 is 5.32 Å². The summed E-state index contributed by atoms with van der Waals surface area (Å²) in [5.41, 5.74) is 1.94. The van der Waals surface area contributed by atoms with Crippen molar-refractivity contribution in [2.75, 3.05) is 20.1 Å². The van der Waals surface area contributed by atoms with Crippen molar-refractivity contribution in [3.05, 3.63) is 22.4 Å². The van der Waals surface area contributed by atoms with E-state index < -0.39 is 0 Å². The van der Waals surface area contributed by atoms with E-state index in [1.165, 1.54) is 70.0 Å². The van der Waals surface area contributed by atoms with E-state index in [0.717, 1.165) is 0 Å². The van der Waals surface area contributed by atoms with E-state index in [1.54, 1.807) is 0 Å². The monoisotopic (exact) mass is 292 g/mol. The van der Waals surface area contributed by atoms with E-state index in [2.05, 4.69) is 34.1 Å². The number of thiophene rings is 1. The first-order chi connectivity index (χ1) is 9.85. The minimum Gasteiger partial charge on any atom is -0.315 e. The van der Waals surface area contributed by atoms with Gasteiger partial charge in [0.1, 0.15) is 0 Å². The zero-order valence-electron chi connectivity index (χ0n) is 12.7. The van der Waals surface area contributed by atoms with Gasteiger partial charge in [-0.15, -0.1) is 0 Å². The molecular weight excluding hydrogens is 264 g/mol. The lowest BCUT2D eigenvalue weighted by molar-refractivity contribution is 0.0389. The van der Waals surface area contributed by atoms with Crippen LogP contribution >= 0.6 is 11.3 Å². The number of likely N-dealkylation sites (N-methyl/N-ethyl adjacent to an activating group) is 1. The molecule has 2 fully saturated rings. The van der Waals surface area contributed by atoms with Crippen molar-refractivity contribution < 1.29 is 0 Å². The Morgan fingerprint density at radius 3 is 2.55 bits per heavy atom. The first-order valence-corrected chi connectivity index (χ1v) is 9.23. The molecule has 1 unspecified atom stereocenters. The van der Waals surface area contributed by atoms with Gasteiger partial charge in [-0.2, -0.15) is 11.3 Å². The molecule has 0 amide bonds. The molecule has 1 atom stereocenters. The highest BCUT2D eigenvalue weighted by Gasteiger charge is 2.45. The average Bonchev–Trinajstić information content (AvgIpc) is 3.18. The summed E-state index contributed by atoms with van der Waals surface area (Å²) >= 11 is 1.83. The number of likely N-dealkylation sites (tertiary alicyclic amines) is 1. The van der Waals surface area contributed by atoms with Crippen LogP contribution in [-0.2, 0) is 6.42 Å². The van der Waals surface area contributed by atoms with Crippen LogP contribution in [0.5, 0.6) is 0 Å². The van der Waals surface area contributed by atoms with Gasteiger partial charge in [0.15, 0.2) is 0 Å². The third-order valence-corrected chi connectivity index (χ3v) is 6.20. The van der Waals surface area contributed by atoms with Crippen LogP contribution in [0.3, 0.4) is 0 Å². The van der Waals surface area contributed by atoms with Crippen LogP contribution in [0.4, 0.5) is 0 Å². The molecule has 1 aromatic heterocycles. The molecule has 1 aromatic rings. The van der Waals surface area contributed by atoms with Crippen molar-refractivity contribution >= 4 is 11.3 Å². The first-order valence-electron chi connectivity index (χ1n) is 8.28. The molecule has 0 radical (unpaired) electrons. The molecule has 3 rings (SSSR count). The number of nitrogens with zero attached hydrogens (tertiary/aromatic N) is 1. The van der Waals surface area contributed by atoms with Gasteiger partial charge >= 0.3 is 0 Å². The van der Waals surface area contributed by atoms with Crippen LogP contribution in [-0.4, -0.2) is 36.6 Å². The zero-order valence-corrected chi connectivity index (χ0v) is 13.6. The van der Waals surface area contributed by atoms with Crippen LogP contribution in [0.25, 0.3) is 0 Å². The molecule has 0 aromatic carbocycles. The number of rotatable bonds is 5. The van der Waals surface area contributed by atoms with E-state index in [9.17, 15) is 0 Å². The predicted octanol–water partition coefficient (Wildman–Crippen LogP) is 3.68. The molecule has 1 saturated heterocycles. The van der Waals surface area contributed by atoms with Gasteiger partial charge in [-0.05, 0) is 74.6 Å². The fraction of sp³-hybridized carbons (Fsp3) is 0.765. The summed E-state index contributed by atoms with van der Waals surface area (Å²) in [7, 11) is 2.17. The Bertz CT molecular complexity index is 389. The van der Waals surface area contributed by atoms with Crippen molar-refractivity contribution in [1.29, 1.82) is 0 Å². The van der Waals surface area contributed by atoms with Crippen molar-refractivity contribution in [1.82, 2.24) is 10.2 Å². The lowest BCUT2D eigenvalue weighted by Gasteiger charge is -2.48. The quantitative estimate of drug-likeness (QED) is 0.890. The molecule has 2 heterocycles. The highest BCUT2D eigenvalue weighted by Crippen LogP contribution is 2.40. The van der Waals surface area contributed by atoms with E-state index in [0.29, 0.717) is 11.6 Å². The summed E-state index contributed by atoms with van der Waals surface area (Å²) in [6.07, 6.45) is 11.0. The summed E-state index contributed by atoms with van der Waals surface area (Å²) in [5.74, 6) is 0. The Labute approximate surface area is 127 Å². The minimum atomic E-state index is 0.428. The van der Waals surface area contributed by atoms with E-state index in [1.807, 2.05) is 11.3 Å². The summed E-state index contributed by atoms with van der Waals surface area (Å²) in [6, 6.07) is 2.91. The first kappa shape index (κ1) is 14.6. The van der Waals surface area contributed by atoms with Crippen molar-refractivity contribution in [3.8, 4) is 0 Å². The second-order valence-electron chi connectivity index (χ2n) is 6.54. The van der Waals surface area contributed by atoms with Gasteiger partial charge in [-0.25, -0.2) is 0 Å². The summed E-state index contributed by atoms with van der Waals surface area (Å²) in [5, 5.41) is 8.22. The average molecular weight is 292 g/mol. The molecule has 1 N–H and O–H groups in total. The van der Waals surface area contributed by atoms with Gasteiger partial charge in [-0.1, -0.05) is 19.3 Å². The van der Waals surface area contributed by atoms with Crippen molar-refractivity contribution in [2.24, 2.45) is 0 Å². The summed E-state index contributed by atoms with van der Waals surface area (Å²) in [6.45, 7) is 2.64. The van der Waals surface area contributed by atoms with E-state index in [-0.39, 0.29) is 0 Å². The SMILES string of the molecule is CNC(Cc1ccsc1)C1(N2CCCCC2)CCCC1. The van der Waals surface area contributed by atoms with Gasteiger partial charge in [0.25, 0.3) is 0 Å².